The highest BCUT2D eigenvalue weighted by atomic mass is 35.5. The molecule has 0 amide bonds. The van der Waals surface area contributed by atoms with Crippen LogP contribution in [0.15, 0.2) is 24.3 Å². The van der Waals surface area contributed by atoms with Gasteiger partial charge >= 0.3 is 0 Å². The Hall–Kier alpha value is -0.570. The van der Waals surface area contributed by atoms with Gasteiger partial charge in [-0.05, 0) is 63.7 Å². The third kappa shape index (κ3) is 4.70. The van der Waals surface area contributed by atoms with Gasteiger partial charge in [0.25, 0.3) is 0 Å². The Labute approximate surface area is 134 Å². The average molecular weight is 309 g/mol. The van der Waals surface area contributed by atoms with Crippen LogP contribution in [-0.4, -0.2) is 30.6 Å². The summed E-state index contributed by atoms with van der Waals surface area (Å²) in [5.41, 5.74) is 1.20. The Kier molecular flexibility index (Phi) is 6.53. The molecule has 0 aromatic heterocycles. The van der Waals surface area contributed by atoms with Gasteiger partial charge in [-0.15, -0.1) is 0 Å². The van der Waals surface area contributed by atoms with E-state index in [0.29, 0.717) is 12.1 Å². The summed E-state index contributed by atoms with van der Waals surface area (Å²) < 4.78 is 0. The molecule has 1 heterocycles. The summed E-state index contributed by atoms with van der Waals surface area (Å²) in [4.78, 5) is 2.62. The van der Waals surface area contributed by atoms with Crippen LogP contribution in [-0.2, 0) is 0 Å². The van der Waals surface area contributed by atoms with E-state index in [1.54, 1.807) is 0 Å². The van der Waals surface area contributed by atoms with Gasteiger partial charge in [0, 0.05) is 23.7 Å². The Morgan fingerprint density at radius 3 is 2.81 bits per heavy atom. The topological polar surface area (TPSA) is 15.3 Å². The van der Waals surface area contributed by atoms with Crippen LogP contribution in [0.25, 0.3) is 0 Å². The van der Waals surface area contributed by atoms with E-state index in [1.165, 1.54) is 44.5 Å². The minimum atomic E-state index is 0.301. The molecule has 1 saturated heterocycles. The maximum Gasteiger partial charge on any atom is 0.0453 e. The van der Waals surface area contributed by atoms with Gasteiger partial charge in [0.05, 0.1) is 0 Å². The fourth-order valence-corrected chi connectivity index (χ4v) is 3.76. The fourth-order valence-electron chi connectivity index (χ4n) is 3.47. The highest BCUT2D eigenvalue weighted by Gasteiger charge is 2.25. The van der Waals surface area contributed by atoms with Gasteiger partial charge in [-0.2, -0.15) is 0 Å². The smallest absolute Gasteiger partial charge is 0.0453 e. The maximum atomic E-state index is 6.30. The third-order valence-electron chi connectivity index (χ3n) is 4.67. The SMILES string of the molecule is CCCN1CCCC(C(C)NC(C)c2ccccc2Cl)C1. The molecule has 1 N–H and O–H groups in total. The number of benzene rings is 1. The van der Waals surface area contributed by atoms with Crippen LogP contribution in [0.3, 0.4) is 0 Å². The lowest BCUT2D eigenvalue weighted by molar-refractivity contribution is 0.147. The zero-order chi connectivity index (χ0) is 15.2. The van der Waals surface area contributed by atoms with E-state index in [2.05, 4.69) is 43.1 Å². The molecule has 1 aliphatic rings. The van der Waals surface area contributed by atoms with E-state index in [9.17, 15) is 0 Å². The summed E-state index contributed by atoms with van der Waals surface area (Å²) >= 11 is 6.30. The molecule has 0 bridgehead atoms. The molecule has 0 spiro atoms. The number of hydrogen-bond acceptors (Lipinski definition) is 2. The normalized spacial score (nSPS) is 23.0. The molecule has 118 valence electrons. The van der Waals surface area contributed by atoms with E-state index in [1.807, 2.05) is 12.1 Å². The predicted molar refractivity (Wildman–Crippen MR) is 91.9 cm³/mol. The van der Waals surface area contributed by atoms with Crippen molar-refractivity contribution in [3.05, 3.63) is 34.9 Å². The number of nitrogens with zero attached hydrogens (tertiary/aromatic N) is 1. The summed E-state index contributed by atoms with van der Waals surface area (Å²) in [5, 5.41) is 4.62. The van der Waals surface area contributed by atoms with Gasteiger partial charge in [0.2, 0.25) is 0 Å². The van der Waals surface area contributed by atoms with Gasteiger partial charge in [-0.1, -0.05) is 36.7 Å². The quantitative estimate of drug-likeness (QED) is 0.832. The third-order valence-corrected chi connectivity index (χ3v) is 5.02. The van der Waals surface area contributed by atoms with Gasteiger partial charge in [0.1, 0.15) is 0 Å². The standard InChI is InChI=1S/C18H29ClN2/c1-4-11-21-12-7-8-16(13-21)14(2)20-15(3)17-9-5-6-10-18(17)19/h5-6,9-10,14-16,20H,4,7-8,11-13H2,1-3H3. The first kappa shape index (κ1) is 16.8. The average Bonchev–Trinajstić information content (AvgIpc) is 2.48. The molecule has 2 nitrogen and oxygen atoms in total. The molecule has 0 radical (unpaired) electrons. The van der Waals surface area contributed by atoms with Crippen molar-refractivity contribution < 1.29 is 0 Å². The summed E-state index contributed by atoms with van der Waals surface area (Å²) in [5.74, 6) is 0.746. The molecule has 0 saturated carbocycles. The second kappa shape index (κ2) is 8.17. The molecule has 2 rings (SSSR count). The summed E-state index contributed by atoms with van der Waals surface area (Å²) in [7, 11) is 0. The van der Waals surface area contributed by atoms with E-state index in [-0.39, 0.29) is 0 Å². The monoisotopic (exact) mass is 308 g/mol. The minimum Gasteiger partial charge on any atom is -0.307 e. The number of hydrogen-bond donors (Lipinski definition) is 1. The largest absolute Gasteiger partial charge is 0.307 e. The van der Waals surface area contributed by atoms with Crippen LogP contribution in [0, 0.1) is 5.92 Å². The van der Waals surface area contributed by atoms with Gasteiger partial charge in [-0.3, -0.25) is 0 Å². The second-order valence-corrected chi connectivity index (χ2v) is 6.81. The van der Waals surface area contributed by atoms with Crippen LogP contribution in [0.4, 0.5) is 0 Å². The summed E-state index contributed by atoms with van der Waals surface area (Å²) in [6, 6.07) is 8.98. The van der Waals surface area contributed by atoms with Gasteiger partial charge in [0.15, 0.2) is 0 Å². The second-order valence-electron chi connectivity index (χ2n) is 6.40. The number of nitrogens with one attached hydrogen (secondary N) is 1. The van der Waals surface area contributed by atoms with Crippen LogP contribution >= 0.6 is 11.6 Å². The minimum absolute atomic E-state index is 0.301. The van der Waals surface area contributed by atoms with Gasteiger partial charge in [-0.25, -0.2) is 0 Å². The van der Waals surface area contributed by atoms with Crippen LogP contribution in [0.1, 0.15) is 51.6 Å². The van der Waals surface area contributed by atoms with Crippen molar-refractivity contribution in [3.63, 3.8) is 0 Å². The number of likely N-dealkylation sites (tertiary alicyclic amines) is 1. The molecule has 1 aliphatic heterocycles. The Morgan fingerprint density at radius 2 is 2.10 bits per heavy atom. The highest BCUT2D eigenvalue weighted by molar-refractivity contribution is 6.31. The molecule has 1 fully saturated rings. The number of rotatable bonds is 6. The molecule has 1 aromatic rings. The zero-order valence-electron chi connectivity index (χ0n) is 13.6. The Bertz CT molecular complexity index is 433. The lowest BCUT2D eigenvalue weighted by atomic mass is 9.90. The van der Waals surface area contributed by atoms with Crippen LogP contribution in [0.2, 0.25) is 5.02 Å². The van der Waals surface area contributed by atoms with E-state index in [0.717, 1.165) is 10.9 Å². The molecule has 3 atom stereocenters. The van der Waals surface area contributed by atoms with Gasteiger partial charge < -0.3 is 10.2 Å². The first-order valence-corrected chi connectivity index (χ1v) is 8.72. The molecule has 3 unspecified atom stereocenters. The van der Waals surface area contributed by atoms with Crippen molar-refractivity contribution >= 4 is 11.6 Å². The lowest BCUT2D eigenvalue weighted by Gasteiger charge is -2.37. The maximum absolute atomic E-state index is 6.30. The van der Waals surface area contributed by atoms with Crippen molar-refractivity contribution in [2.24, 2.45) is 5.92 Å². The molecule has 0 aliphatic carbocycles. The fraction of sp³-hybridized carbons (Fsp3) is 0.667. The van der Waals surface area contributed by atoms with Crippen molar-refractivity contribution in [3.8, 4) is 0 Å². The Morgan fingerprint density at radius 1 is 1.33 bits per heavy atom. The van der Waals surface area contributed by atoms with Crippen molar-refractivity contribution in [2.45, 2.75) is 52.1 Å². The van der Waals surface area contributed by atoms with E-state index in [4.69, 9.17) is 11.6 Å². The Balaban J connectivity index is 1.91. The van der Waals surface area contributed by atoms with Crippen molar-refractivity contribution in [1.29, 1.82) is 0 Å². The first-order chi connectivity index (χ1) is 10.1. The molecule has 3 heteroatoms. The molecule has 21 heavy (non-hydrogen) atoms. The van der Waals surface area contributed by atoms with Crippen LogP contribution < -0.4 is 5.32 Å². The molecular formula is C18H29ClN2. The molecule has 1 aromatic carbocycles. The zero-order valence-corrected chi connectivity index (χ0v) is 14.4. The first-order valence-electron chi connectivity index (χ1n) is 8.34. The van der Waals surface area contributed by atoms with Crippen molar-refractivity contribution in [2.75, 3.05) is 19.6 Å². The van der Waals surface area contributed by atoms with E-state index >= 15 is 0 Å². The number of halogens is 1. The number of piperidine rings is 1. The lowest BCUT2D eigenvalue weighted by Crippen LogP contribution is -2.45. The van der Waals surface area contributed by atoms with E-state index < -0.39 is 0 Å². The molecular weight excluding hydrogens is 280 g/mol. The van der Waals surface area contributed by atoms with Crippen molar-refractivity contribution in [1.82, 2.24) is 10.2 Å². The summed E-state index contributed by atoms with van der Waals surface area (Å²) in [6.07, 6.45) is 3.92. The highest BCUT2D eigenvalue weighted by Crippen LogP contribution is 2.25. The van der Waals surface area contributed by atoms with Crippen LogP contribution in [0.5, 0.6) is 0 Å². The summed E-state index contributed by atoms with van der Waals surface area (Å²) in [6.45, 7) is 10.6. The predicted octanol–water partition coefficient (Wildman–Crippen LogP) is 4.50.